The maximum absolute atomic E-state index is 14.5. The second-order valence-electron chi connectivity index (χ2n) is 6.38. The van der Waals surface area contributed by atoms with Crippen LogP contribution in [0.1, 0.15) is 30.0 Å². The van der Waals surface area contributed by atoms with E-state index in [1.54, 1.807) is 6.07 Å². The molecular weight excluding hydrogens is 391 g/mol. The summed E-state index contributed by atoms with van der Waals surface area (Å²) in [5.74, 6) is 3.40. The number of hydrogen-bond acceptors (Lipinski definition) is 2. The largest absolute Gasteiger partial charge is 0.206 e. The molecule has 0 aliphatic carbocycles. The number of aliphatic imine (C=N–C) groups is 1. The Balaban J connectivity index is 1.87. The molecular formula is C24H16F3NS. The third kappa shape index (κ3) is 5.00. The molecule has 144 valence electrons. The van der Waals surface area contributed by atoms with Crippen LogP contribution >= 0.6 is 12.2 Å². The molecule has 0 amide bonds. The van der Waals surface area contributed by atoms with E-state index in [4.69, 9.17) is 0 Å². The number of aryl methyl sites for hydroxylation is 1. The highest BCUT2D eigenvalue weighted by molar-refractivity contribution is 7.78. The summed E-state index contributed by atoms with van der Waals surface area (Å²) in [6.45, 7) is 2.12. The molecule has 0 fully saturated rings. The van der Waals surface area contributed by atoms with E-state index >= 15 is 0 Å². The number of benzene rings is 3. The zero-order valence-corrected chi connectivity index (χ0v) is 16.4. The van der Waals surface area contributed by atoms with Crippen molar-refractivity contribution in [2.45, 2.75) is 19.8 Å². The molecule has 0 atom stereocenters. The fraction of sp³-hybridized carbons (Fsp3) is 0.125. The average molecular weight is 407 g/mol. The quantitative estimate of drug-likeness (QED) is 0.261. The lowest BCUT2D eigenvalue weighted by Crippen LogP contribution is -1.90. The zero-order chi connectivity index (χ0) is 20.8. The number of nitrogens with zero attached hydrogens (tertiary/aromatic N) is 1. The van der Waals surface area contributed by atoms with Gasteiger partial charge in [-0.25, -0.2) is 13.2 Å². The Morgan fingerprint density at radius 3 is 2.03 bits per heavy atom. The molecule has 0 unspecified atom stereocenters. The van der Waals surface area contributed by atoms with E-state index in [9.17, 15) is 13.2 Å². The molecule has 3 aromatic rings. The van der Waals surface area contributed by atoms with E-state index in [-0.39, 0.29) is 11.1 Å². The highest BCUT2D eigenvalue weighted by Gasteiger charge is 2.14. The Hall–Kier alpha value is -3.19. The second kappa shape index (κ2) is 9.34. The third-order valence-electron chi connectivity index (χ3n) is 4.30. The van der Waals surface area contributed by atoms with Crippen LogP contribution in [-0.4, -0.2) is 5.16 Å². The van der Waals surface area contributed by atoms with Crippen LogP contribution in [0.25, 0.3) is 11.1 Å². The lowest BCUT2D eigenvalue weighted by molar-refractivity contribution is 0.588. The van der Waals surface area contributed by atoms with Gasteiger partial charge in [-0.05, 0) is 66.2 Å². The molecule has 0 saturated heterocycles. The van der Waals surface area contributed by atoms with Gasteiger partial charge in [0.05, 0.1) is 5.16 Å². The molecule has 5 heteroatoms. The van der Waals surface area contributed by atoms with Crippen LogP contribution in [0.2, 0.25) is 0 Å². The number of isothiocyanates is 1. The Kier molecular flexibility index (Phi) is 6.61. The van der Waals surface area contributed by atoms with Crippen molar-refractivity contribution in [3.05, 3.63) is 88.7 Å². The fourth-order valence-electron chi connectivity index (χ4n) is 2.89. The normalized spacial score (nSPS) is 10.1. The molecule has 1 nitrogen and oxygen atoms in total. The maximum atomic E-state index is 14.5. The van der Waals surface area contributed by atoms with Gasteiger partial charge in [0.25, 0.3) is 0 Å². The maximum Gasteiger partial charge on any atom is 0.153 e. The molecule has 0 N–H and O–H groups in total. The minimum atomic E-state index is -0.938. The number of rotatable bonds is 4. The summed E-state index contributed by atoms with van der Waals surface area (Å²) in [6.07, 6.45) is 2.09. The summed E-state index contributed by atoms with van der Waals surface area (Å²) < 4.78 is 42.6. The summed E-state index contributed by atoms with van der Waals surface area (Å²) in [4.78, 5) is 3.35. The van der Waals surface area contributed by atoms with E-state index in [1.807, 2.05) is 29.4 Å². The first kappa shape index (κ1) is 20.5. The van der Waals surface area contributed by atoms with Gasteiger partial charge in [-0.3, -0.25) is 0 Å². The van der Waals surface area contributed by atoms with Crippen LogP contribution in [0.5, 0.6) is 0 Å². The molecule has 0 aliphatic heterocycles. The molecule has 0 aromatic heterocycles. The summed E-state index contributed by atoms with van der Waals surface area (Å²) in [7, 11) is 0. The molecule has 0 bridgehead atoms. The van der Waals surface area contributed by atoms with Crippen molar-refractivity contribution in [2.75, 3.05) is 0 Å². The number of hydrogen-bond donors (Lipinski definition) is 0. The smallest absolute Gasteiger partial charge is 0.153 e. The van der Waals surface area contributed by atoms with E-state index in [0.29, 0.717) is 5.56 Å². The van der Waals surface area contributed by atoms with Crippen LogP contribution in [0.15, 0.2) is 59.6 Å². The number of halogens is 3. The Morgan fingerprint density at radius 2 is 1.45 bits per heavy atom. The molecule has 0 saturated carbocycles. The first-order chi connectivity index (χ1) is 14.0. The van der Waals surface area contributed by atoms with E-state index < -0.39 is 23.1 Å². The van der Waals surface area contributed by atoms with Gasteiger partial charge in [0, 0.05) is 16.7 Å². The van der Waals surface area contributed by atoms with Crippen molar-refractivity contribution in [1.29, 1.82) is 0 Å². The minimum absolute atomic E-state index is 0.0619. The van der Waals surface area contributed by atoms with Gasteiger partial charge in [-0.2, -0.15) is 4.99 Å². The zero-order valence-electron chi connectivity index (χ0n) is 15.6. The summed E-state index contributed by atoms with van der Waals surface area (Å²) >= 11 is 4.37. The minimum Gasteiger partial charge on any atom is -0.206 e. The molecule has 3 aromatic carbocycles. The summed E-state index contributed by atoms with van der Waals surface area (Å²) in [5.41, 5.74) is 2.12. The van der Waals surface area contributed by atoms with Crippen molar-refractivity contribution >= 4 is 23.1 Å². The predicted molar refractivity (Wildman–Crippen MR) is 113 cm³/mol. The molecule has 0 radical (unpaired) electrons. The van der Waals surface area contributed by atoms with E-state index in [2.05, 4.69) is 36.0 Å². The average Bonchev–Trinajstić information content (AvgIpc) is 2.70. The van der Waals surface area contributed by atoms with Gasteiger partial charge in [-0.15, -0.1) is 0 Å². The third-order valence-corrected chi connectivity index (χ3v) is 4.39. The molecule has 29 heavy (non-hydrogen) atoms. The Morgan fingerprint density at radius 1 is 0.828 bits per heavy atom. The van der Waals surface area contributed by atoms with E-state index in [1.165, 1.54) is 17.7 Å². The van der Waals surface area contributed by atoms with Gasteiger partial charge >= 0.3 is 0 Å². The Bertz CT molecular complexity index is 1130. The highest BCUT2D eigenvalue weighted by atomic mass is 32.1. The van der Waals surface area contributed by atoms with Gasteiger partial charge in [0.2, 0.25) is 0 Å². The standard InChI is InChI=1S/C24H16F3NS/c1-2-3-16-4-6-17(7-5-16)8-9-18-10-11-20(21(25)12-18)19-13-22(26)24(28-15-29)23(27)14-19/h4-7,10-14H,2-3H2,1H3. The van der Waals surface area contributed by atoms with Crippen molar-refractivity contribution in [3.8, 4) is 23.0 Å². The topological polar surface area (TPSA) is 12.4 Å². The Labute approximate surface area is 172 Å². The predicted octanol–water partition coefficient (Wildman–Crippen LogP) is 6.86. The SMILES string of the molecule is CCCc1ccc(C#Cc2ccc(-c3cc(F)c(N=C=S)c(F)c3)c(F)c2)cc1. The first-order valence-electron chi connectivity index (χ1n) is 8.99. The summed E-state index contributed by atoms with van der Waals surface area (Å²) in [6, 6.07) is 14.2. The van der Waals surface area contributed by atoms with Crippen LogP contribution in [0.4, 0.5) is 18.9 Å². The van der Waals surface area contributed by atoms with Gasteiger partial charge in [0.1, 0.15) is 11.5 Å². The molecule has 0 heterocycles. The first-order valence-corrected chi connectivity index (χ1v) is 9.40. The van der Waals surface area contributed by atoms with E-state index in [0.717, 1.165) is 30.5 Å². The summed E-state index contributed by atoms with van der Waals surface area (Å²) in [5, 5.41) is 1.92. The molecule has 0 spiro atoms. The van der Waals surface area contributed by atoms with Gasteiger partial charge in [0.15, 0.2) is 11.6 Å². The van der Waals surface area contributed by atoms with Crippen LogP contribution in [0.3, 0.4) is 0 Å². The van der Waals surface area contributed by atoms with Crippen molar-refractivity contribution in [2.24, 2.45) is 4.99 Å². The van der Waals surface area contributed by atoms with Crippen LogP contribution in [-0.2, 0) is 6.42 Å². The van der Waals surface area contributed by atoms with Gasteiger partial charge in [-0.1, -0.05) is 43.4 Å². The molecule has 0 aliphatic rings. The lowest BCUT2D eigenvalue weighted by Gasteiger charge is -2.06. The van der Waals surface area contributed by atoms with Crippen molar-refractivity contribution in [1.82, 2.24) is 0 Å². The lowest BCUT2D eigenvalue weighted by atomic mass is 10.0. The van der Waals surface area contributed by atoms with Crippen LogP contribution in [0, 0.1) is 29.3 Å². The highest BCUT2D eigenvalue weighted by Crippen LogP contribution is 2.30. The van der Waals surface area contributed by atoms with Gasteiger partial charge < -0.3 is 0 Å². The fourth-order valence-corrected chi connectivity index (χ4v) is 2.98. The second-order valence-corrected chi connectivity index (χ2v) is 6.57. The molecule has 3 rings (SSSR count). The van der Waals surface area contributed by atoms with Crippen molar-refractivity contribution < 1.29 is 13.2 Å². The monoisotopic (exact) mass is 407 g/mol. The number of thiocarbonyl (C=S) groups is 1. The van der Waals surface area contributed by atoms with Crippen molar-refractivity contribution in [3.63, 3.8) is 0 Å². The van der Waals surface area contributed by atoms with Crippen LogP contribution < -0.4 is 0 Å².